The molecule has 2 aromatic carbocycles. The Kier molecular flexibility index (Phi) is 5.56. The molecule has 0 radical (unpaired) electrons. The van der Waals surface area contributed by atoms with E-state index in [-0.39, 0.29) is 22.5 Å². The number of rotatable bonds is 6. The lowest BCUT2D eigenvalue weighted by Gasteiger charge is -2.36. The molecular weight excluding hydrogens is 343 g/mol. The Morgan fingerprint density at radius 3 is 2.76 bits per heavy atom. The summed E-state index contributed by atoms with van der Waals surface area (Å²) < 4.78 is 18.5. The third-order valence-corrected chi connectivity index (χ3v) is 4.55. The molecule has 3 rings (SSSR count). The Hall–Kier alpha value is -2.11. The van der Waals surface area contributed by atoms with Gasteiger partial charge in [0, 0.05) is 29.2 Å². The molecule has 6 heteroatoms. The van der Waals surface area contributed by atoms with E-state index in [0.29, 0.717) is 6.04 Å². The van der Waals surface area contributed by atoms with Crippen LogP contribution >= 0.6 is 11.6 Å². The fourth-order valence-corrected chi connectivity index (χ4v) is 3.12. The Bertz CT molecular complexity index is 743. The van der Waals surface area contributed by atoms with Crippen LogP contribution < -0.4 is 15.4 Å². The fourth-order valence-electron chi connectivity index (χ4n) is 2.90. The number of carbonyl (C=O) groups is 1. The normalized spacial score (nSPS) is 19.2. The summed E-state index contributed by atoms with van der Waals surface area (Å²) in [4.78, 5) is 12.1. The van der Waals surface area contributed by atoms with E-state index in [0.717, 1.165) is 30.7 Å². The average molecular weight is 363 g/mol. The summed E-state index contributed by atoms with van der Waals surface area (Å²) >= 11 is 5.78. The molecule has 0 saturated heterocycles. The van der Waals surface area contributed by atoms with Crippen molar-refractivity contribution in [1.29, 1.82) is 0 Å². The molecule has 1 aliphatic rings. The van der Waals surface area contributed by atoms with Crippen molar-refractivity contribution in [1.82, 2.24) is 10.6 Å². The van der Waals surface area contributed by atoms with Crippen LogP contribution in [0.4, 0.5) is 4.39 Å². The Morgan fingerprint density at radius 2 is 2.04 bits per heavy atom. The lowest BCUT2D eigenvalue weighted by molar-refractivity contribution is 0.0901. The first kappa shape index (κ1) is 17.7. The highest BCUT2D eigenvalue weighted by atomic mass is 35.5. The molecule has 2 N–H and O–H groups in total. The van der Waals surface area contributed by atoms with Crippen LogP contribution in [0.2, 0.25) is 5.02 Å². The number of ether oxygens (including phenoxy) is 1. The third-order valence-electron chi connectivity index (χ3n) is 4.33. The Balaban J connectivity index is 1.44. The van der Waals surface area contributed by atoms with Crippen molar-refractivity contribution in [3.05, 3.63) is 64.4 Å². The molecule has 0 bridgehead atoms. The quantitative estimate of drug-likeness (QED) is 0.826. The van der Waals surface area contributed by atoms with Crippen LogP contribution in [-0.4, -0.2) is 25.1 Å². The minimum absolute atomic E-state index is 0.0948. The van der Waals surface area contributed by atoms with Gasteiger partial charge in [-0.05, 0) is 48.7 Å². The van der Waals surface area contributed by atoms with Crippen LogP contribution in [0.15, 0.2) is 42.5 Å². The number of hydrogen-bond donors (Lipinski definition) is 2. The zero-order valence-corrected chi connectivity index (χ0v) is 14.6. The van der Waals surface area contributed by atoms with E-state index in [9.17, 15) is 9.18 Å². The minimum Gasteiger partial charge on any atom is -0.497 e. The average Bonchev–Trinajstić information content (AvgIpc) is 2.55. The molecule has 0 unspecified atom stereocenters. The molecule has 0 spiro atoms. The van der Waals surface area contributed by atoms with E-state index in [1.54, 1.807) is 7.11 Å². The first-order valence-electron chi connectivity index (χ1n) is 8.17. The number of benzene rings is 2. The van der Waals surface area contributed by atoms with Gasteiger partial charge in [0.1, 0.15) is 11.6 Å². The molecule has 0 heterocycles. The Labute approximate surface area is 151 Å². The van der Waals surface area contributed by atoms with Gasteiger partial charge in [-0.3, -0.25) is 4.79 Å². The highest BCUT2D eigenvalue weighted by Crippen LogP contribution is 2.22. The summed E-state index contributed by atoms with van der Waals surface area (Å²) in [5.41, 5.74) is 1.40. The Morgan fingerprint density at radius 1 is 1.24 bits per heavy atom. The molecule has 0 aromatic heterocycles. The first-order valence-corrected chi connectivity index (χ1v) is 8.54. The van der Waals surface area contributed by atoms with Crippen molar-refractivity contribution in [2.75, 3.05) is 7.11 Å². The number of halogens is 2. The second kappa shape index (κ2) is 7.85. The number of amides is 1. The van der Waals surface area contributed by atoms with Gasteiger partial charge in [0.25, 0.3) is 5.91 Å². The zero-order chi connectivity index (χ0) is 17.8. The molecule has 2 aromatic rings. The molecule has 1 aliphatic carbocycles. The van der Waals surface area contributed by atoms with Crippen molar-refractivity contribution < 1.29 is 13.9 Å². The summed E-state index contributed by atoms with van der Waals surface area (Å²) in [6, 6.07) is 12.2. The predicted molar refractivity (Wildman–Crippen MR) is 95.5 cm³/mol. The van der Waals surface area contributed by atoms with Crippen LogP contribution in [-0.2, 0) is 6.54 Å². The molecule has 1 saturated carbocycles. The maximum Gasteiger partial charge on any atom is 0.251 e. The largest absolute Gasteiger partial charge is 0.497 e. The topological polar surface area (TPSA) is 50.4 Å². The third kappa shape index (κ3) is 4.71. The molecule has 0 aliphatic heterocycles. The molecular formula is C19H20ClFN2O2. The van der Waals surface area contributed by atoms with Gasteiger partial charge in [-0.25, -0.2) is 4.39 Å². The van der Waals surface area contributed by atoms with E-state index in [4.69, 9.17) is 16.3 Å². The van der Waals surface area contributed by atoms with Crippen molar-refractivity contribution in [2.24, 2.45) is 0 Å². The summed E-state index contributed by atoms with van der Waals surface area (Å²) in [6.45, 7) is 0.752. The molecule has 25 heavy (non-hydrogen) atoms. The van der Waals surface area contributed by atoms with Crippen molar-refractivity contribution >= 4 is 17.5 Å². The standard InChI is InChI=1S/C19H20ClFN2O2/c1-25-18-4-2-3-12(5-18)11-22-16-9-17(10-16)23-19(24)13-6-14(20)8-15(21)7-13/h2-8,16-17,22H,9-11H2,1H3,(H,23,24)/t16-,17-. The first-order chi connectivity index (χ1) is 12.0. The van der Waals surface area contributed by atoms with Gasteiger partial charge in [-0.2, -0.15) is 0 Å². The number of methoxy groups -OCH3 is 1. The molecule has 0 atom stereocenters. The maximum atomic E-state index is 13.3. The van der Waals surface area contributed by atoms with E-state index < -0.39 is 5.82 Å². The van der Waals surface area contributed by atoms with E-state index in [2.05, 4.69) is 10.6 Å². The fraction of sp³-hybridized carbons (Fsp3) is 0.316. The van der Waals surface area contributed by atoms with Gasteiger partial charge < -0.3 is 15.4 Å². The van der Waals surface area contributed by atoms with Crippen molar-refractivity contribution in [2.45, 2.75) is 31.5 Å². The van der Waals surface area contributed by atoms with Crippen LogP contribution in [0.5, 0.6) is 5.75 Å². The van der Waals surface area contributed by atoms with Gasteiger partial charge in [0.2, 0.25) is 0 Å². The second-order valence-corrected chi connectivity index (χ2v) is 6.67. The maximum absolute atomic E-state index is 13.3. The smallest absolute Gasteiger partial charge is 0.251 e. The van der Waals surface area contributed by atoms with Crippen LogP contribution in [0.3, 0.4) is 0 Å². The van der Waals surface area contributed by atoms with Crippen LogP contribution in [0, 0.1) is 5.82 Å². The van der Waals surface area contributed by atoms with Crippen LogP contribution in [0.25, 0.3) is 0 Å². The van der Waals surface area contributed by atoms with Gasteiger partial charge in [0.15, 0.2) is 0 Å². The van der Waals surface area contributed by atoms with Crippen LogP contribution in [0.1, 0.15) is 28.8 Å². The second-order valence-electron chi connectivity index (χ2n) is 6.23. The van der Waals surface area contributed by atoms with Gasteiger partial charge in [-0.1, -0.05) is 23.7 Å². The monoisotopic (exact) mass is 362 g/mol. The number of carbonyl (C=O) groups excluding carboxylic acids is 1. The number of nitrogens with one attached hydrogen (secondary N) is 2. The van der Waals surface area contributed by atoms with E-state index in [1.807, 2.05) is 24.3 Å². The zero-order valence-electron chi connectivity index (χ0n) is 13.9. The van der Waals surface area contributed by atoms with Gasteiger partial charge in [-0.15, -0.1) is 0 Å². The van der Waals surface area contributed by atoms with E-state index in [1.165, 1.54) is 18.2 Å². The summed E-state index contributed by atoms with van der Waals surface area (Å²) in [7, 11) is 1.65. The highest BCUT2D eigenvalue weighted by molar-refractivity contribution is 6.31. The summed E-state index contributed by atoms with van der Waals surface area (Å²) in [5.74, 6) is 0.0357. The molecule has 132 valence electrons. The molecule has 1 amide bonds. The van der Waals surface area contributed by atoms with Gasteiger partial charge in [0.05, 0.1) is 7.11 Å². The van der Waals surface area contributed by atoms with Crippen molar-refractivity contribution in [3.8, 4) is 5.75 Å². The molecule has 4 nitrogen and oxygen atoms in total. The van der Waals surface area contributed by atoms with Gasteiger partial charge >= 0.3 is 0 Å². The molecule has 1 fully saturated rings. The summed E-state index contributed by atoms with van der Waals surface area (Å²) in [6.07, 6.45) is 1.69. The SMILES string of the molecule is COc1cccc(CN[C@H]2C[C@H](NC(=O)c3cc(F)cc(Cl)c3)C2)c1. The number of hydrogen-bond acceptors (Lipinski definition) is 3. The lowest BCUT2D eigenvalue weighted by Crippen LogP contribution is -2.52. The minimum atomic E-state index is -0.510. The van der Waals surface area contributed by atoms with E-state index >= 15 is 0 Å². The predicted octanol–water partition coefficient (Wildman–Crippen LogP) is 3.54. The lowest BCUT2D eigenvalue weighted by atomic mass is 9.86. The highest BCUT2D eigenvalue weighted by Gasteiger charge is 2.30. The summed E-state index contributed by atoms with van der Waals surface area (Å²) in [5, 5.41) is 6.59. The van der Waals surface area contributed by atoms with Crippen molar-refractivity contribution in [3.63, 3.8) is 0 Å².